The molecule has 0 spiro atoms. The number of rotatable bonds is 4. The highest BCUT2D eigenvalue weighted by Gasteiger charge is 2.17. The van der Waals surface area contributed by atoms with Gasteiger partial charge in [0.25, 0.3) is 0 Å². The molecule has 0 aliphatic heterocycles. The summed E-state index contributed by atoms with van der Waals surface area (Å²) in [6.07, 6.45) is 9.95. The number of aryl methyl sites for hydroxylation is 1. The van der Waals surface area contributed by atoms with Crippen LogP contribution in [0.5, 0.6) is 0 Å². The number of aromatic nitrogens is 1. The molecular formula is C14H24N2. The van der Waals surface area contributed by atoms with Crippen LogP contribution < -0.4 is 5.32 Å². The van der Waals surface area contributed by atoms with Gasteiger partial charge in [-0.25, -0.2) is 0 Å². The zero-order valence-electron chi connectivity index (χ0n) is 10.6. The summed E-state index contributed by atoms with van der Waals surface area (Å²) in [5, 5.41) is 3.69. The van der Waals surface area contributed by atoms with Crippen LogP contribution >= 0.6 is 0 Å². The van der Waals surface area contributed by atoms with Gasteiger partial charge in [-0.2, -0.15) is 0 Å². The monoisotopic (exact) mass is 220 g/mol. The normalized spacial score (nSPS) is 25.9. The molecule has 1 aliphatic rings. The molecule has 1 N–H and O–H groups in total. The maximum Gasteiger partial charge on any atom is 0.0223 e. The minimum absolute atomic E-state index is 0.744. The van der Waals surface area contributed by atoms with Crippen molar-refractivity contribution in [2.75, 3.05) is 0 Å². The summed E-state index contributed by atoms with van der Waals surface area (Å²) in [6.45, 7) is 6.66. The summed E-state index contributed by atoms with van der Waals surface area (Å²) in [6, 6.07) is 2.97. The Kier molecular flexibility index (Phi) is 4.05. The van der Waals surface area contributed by atoms with Gasteiger partial charge in [-0.3, -0.25) is 0 Å². The second kappa shape index (κ2) is 5.53. The number of nitrogens with zero attached hydrogens (tertiary/aromatic N) is 1. The van der Waals surface area contributed by atoms with E-state index in [4.69, 9.17) is 0 Å². The Labute approximate surface area is 99.0 Å². The van der Waals surface area contributed by atoms with Gasteiger partial charge < -0.3 is 9.88 Å². The van der Waals surface area contributed by atoms with E-state index in [1.807, 2.05) is 0 Å². The molecule has 1 fully saturated rings. The average molecular weight is 220 g/mol. The highest BCUT2D eigenvalue weighted by Crippen LogP contribution is 2.23. The van der Waals surface area contributed by atoms with Gasteiger partial charge in [-0.15, -0.1) is 0 Å². The van der Waals surface area contributed by atoms with E-state index >= 15 is 0 Å². The van der Waals surface area contributed by atoms with Gasteiger partial charge in [-0.1, -0.05) is 19.8 Å². The first-order valence-electron chi connectivity index (χ1n) is 6.66. The van der Waals surface area contributed by atoms with E-state index in [9.17, 15) is 0 Å². The summed E-state index contributed by atoms with van der Waals surface area (Å²) in [7, 11) is 0. The highest BCUT2D eigenvalue weighted by atomic mass is 14.9. The lowest BCUT2D eigenvalue weighted by Gasteiger charge is -2.27. The highest BCUT2D eigenvalue weighted by molar-refractivity contribution is 5.10. The molecular weight excluding hydrogens is 196 g/mol. The Balaban J connectivity index is 1.78. The minimum atomic E-state index is 0.744. The van der Waals surface area contributed by atoms with Gasteiger partial charge in [0.2, 0.25) is 0 Å². The topological polar surface area (TPSA) is 17.0 Å². The molecule has 2 heteroatoms. The average Bonchev–Trinajstić information content (AvgIpc) is 2.74. The molecule has 1 saturated carbocycles. The first kappa shape index (κ1) is 11.7. The maximum absolute atomic E-state index is 3.69. The van der Waals surface area contributed by atoms with Gasteiger partial charge in [-0.05, 0) is 37.3 Å². The molecule has 2 nitrogen and oxygen atoms in total. The fourth-order valence-corrected chi connectivity index (χ4v) is 2.67. The van der Waals surface area contributed by atoms with Crippen LogP contribution in [-0.4, -0.2) is 10.6 Å². The third-order valence-corrected chi connectivity index (χ3v) is 3.71. The Hall–Kier alpha value is -0.760. The largest absolute Gasteiger partial charge is 0.354 e. The van der Waals surface area contributed by atoms with Crippen molar-refractivity contribution in [1.82, 2.24) is 9.88 Å². The fraction of sp³-hybridized carbons (Fsp3) is 0.714. The Morgan fingerprint density at radius 3 is 3.00 bits per heavy atom. The second-order valence-electron chi connectivity index (χ2n) is 5.20. The lowest BCUT2D eigenvalue weighted by molar-refractivity contribution is 0.300. The molecule has 2 rings (SSSR count). The zero-order chi connectivity index (χ0) is 11.4. The van der Waals surface area contributed by atoms with Crippen molar-refractivity contribution < 1.29 is 0 Å². The predicted octanol–water partition coefficient (Wildman–Crippen LogP) is 3.18. The second-order valence-corrected chi connectivity index (χ2v) is 5.20. The molecule has 0 bridgehead atoms. The quantitative estimate of drug-likeness (QED) is 0.824. The third-order valence-electron chi connectivity index (χ3n) is 3.71. The Morgan fingerprint density at radius 1 is 1.44 bits per heavy atom. The van der Waals surface area contributed by atoms with Gasteiger partial charge in [0.1, 0.15) is 0 Å². The maximum atomic E-state index is 3.69. The van der Waals surface area contributed by atoms with Crippen molar-refractivity contribution in [2.24, 2.45) is 5.92 Å². The van der Waals surface area contributed by atoms with E-state index in [-0.39, 0.29) is 0 Å². The van der Waals surface area contributed by atoms with E-state index in [0.717, 1.165) is 25.0 Å². The Bertz CT molecular complexity index is 316. The zero-order valence-corrected chi connectivity index (χ0v) is 10.6. The first-order chi connectivity index (χ1) is 7.78. The summed E-state index contributed by atoms with van der Waals surface area (Å²) >= 11 is 0. The van der Waals surface area contributed by atoms with Crippen molar-refractivity contribution in [2.45, 2.75) is 58.7 Å². The number of hydrogen-bond acceptors (Lipinski definition) is 1. The number of nitrogens with one attached hydrogen (secondary N) is 1. The number of hydrogen-bond donors (Lipinski definition) is 1. The Morgan fingerprint density at radius 2 is 2.31 bits per heavy atom. The van der Waals surface area contributed by atoms with Crippen molar-refractivity contribution >= 4 is 0 Å². The SMILES string of the molecule is CCn1ccc(CNC2CCCC(C)C2)c1. The first-order valence-corrected chi connectivity index (χ1v) is 6.66. The van der Waals surface area contributed by atoms with E-state index in [0.29, 0.717) is 0 Å². The molecule has 1 heterocycles. The van der Waals surface area contributed by atoms with E-state index in [1.54, 1.807) is 0 Å². The van der Waals surface area contributed by atoms with Crippen LogP contribution in [0.1, 0.15) is 45.1 Å². The molecule has 2 unspecified atom stereocenters. The molecule has 0 saturated heterocycles. The van der Waals surface area contributed by atoms with Gasteiger partial charge in [0.05, 0.1) is 0 Å². The lowest BCUT2D eigenvalue weighted by atomic mass is 9.87. The van der Waals surface area contributed by atoms with Crippen LogP contribution in [0.3, 0.4) is 0 Å². The van der Waals surface area contributed by atoms with Crippen molar-refractivity contribution in [3.05, 3.63) is 24.0 Å². The predicted molar refractivity (Wildman–Crippen MR) is 68.4 cm³/mol. The van der Waals surface area contributed by atoms with Crippen LogP contribution in [0.2, 0.25) is 0 Å². The minimum Gasteiger partial charge on any atom is -0.354 e. The molecule has 1 aromatic rings. The van der Waals surface area contributed by atoms with Gasteiger partial charge in [0.15, 0.2) is 0 Å². The summed E-state index contributed by atoms with van der Waals surface area (Å²) in [4.78, 5) is 0. The van der Waals surface area contributed by atoms with Gasteiger partial charge >= 0.3 is 0 Å². The molecule has 1 aliphatic carbocycles. The van der Waals surface area contributed by atoms with E-state index in [2.05, 4.69) is 42.2 Å². The van der Waals surface area contributed by atoms with E-state index < -0.39 is 0 Å². The van der Waals surface area contributed by atoms with Crippen molar-refractivity contribution in [1.29, 1.82) is 0 Å². The van der Waals surface area contributed by atoms with Crippen LogP contribution in [0.25, 0.3) is 0 Å². The summed E-state index contributed by atoms with van der Waals surface area (Å²) < 4.78 is 2.24. The van der Waals surface area contributed by atoms with Crippen LogP contribution in [0.4, 0.5) is 0 Å². The molecule has 2 atom stereocenters. The van der Waals surface area contributed by atoms with Crippen molar-refractivity contribution in [3.8, 4) is 0 Å². The van der Waals surface area contributed by atoms with E-state index in [1.165, 1.54) is 31.2 Å². The van der Waals surface area contributed by atoms with Crippen LogP contribution in [0.15, 0.2) is 18.5 Å². The summed E-state index contributed by atoms with van der Waals surface area (Å²) in [5.41, 5.74) is 1.42. The fourth-order valence-electron chi connectivity index (χ4n) is 2.67. The molecule has 1 aromatic heterocycles. The standard InChI is InChI=1S/C14H24N2/c1-3-16-8-7-13(11-16)10-15-14-6-4-5-12(2)9-14/h7-8,11-12,14-15H,3-6,9-10H2,1-2H3. The van der Waals surface area contributed by atoms with Gasteiger partial charge in [0, 0.05) is 31.5 Å². The smallest absolute Gasteiger partial charge is 0.0223 e. The molecule has 90 valence electrons. The molecule has 0 amide bonds. The molecule has 0 aromatic carbocycles. The molecule has 16 heavy (non-hydrogen) atoms. The summed E-state index contributed by atoms with van der Waals surface area (Å²) in [5.74, 6) is 0.909. The van der Waals surface area contributed by atoms with Crippen LogP contribution in [0, 0.1) is 5.92 Å². The van der Waals surface area contributed by atoms with Crippen molar-refractivity contribution in [3.63, 3.8) is 0 Å². The molecule has 0 radical (unpaired) electrons. The third kappa shape index (κ3) is 3.11. The van der Waals surface area contributed by atoms with Crippen LogP contribution in [-0.2, 0) is 13.1 Å². The lowest BCUT2D eigenvalue weighted by Crippen LogP contribution is -2.32.